The van der Waals surface area contributed by atoms with E-state index in [0.717, 1.165) is 11.1 Å². The first-order chi connectivity index (χ1) is 20.6. The van der Waals surface area contributed by atoms with Crippen LogP contribution in [0.3, 0.4) is 0 Å². The highest BCUT2D eigenvalue weighted by Crippen LogP contribution is 2.26. The number of benzene rings is 2. The van der Waals surface area contributed by atoms with Crippen LogP contribution >= 0.6 is 11.3 Å². The van der Waals surface area contributed by atoms with Gasteiger partial charge in [-0.15, -0.1) is 11.3 Å². The predicted octanol–water partition coefficient (Wildman–Crippen LogP) is 5.11. The average Bonchev–Trinajstić information content (AvgIpc) is 3.48. The van der Waals surface area contributed by atoms with Crippen LogP contribution in [0.15, 0.2) is 66.0 Å². The maximum absolute atomic E-state index is 12.9. The van der Waals surface area contributed by atoms with E-state index < -0.39 is 36.4 Å². The quantitative estimate of drug-likeness (QED) is 0.118. The van der Waals surface area contributed by atoms with Gasteiger partial charge in [-0.25, -0.2) is 20.0 Å². The molecule has 3 aromatic rings. The molecule has 0 aliphatic heterocycles. The molecule has 0 saturated carbocycles. The number of rotatable bonds is 15. The highest BCUT2D eigenvalue weighted by Gasteiger charge is 2.25. The molecule has 0 bridgehead atoms. The zero-order chi connectivity index (χ0) is 31.2. The van der Waals surface area contributed by atoms with Crippen LogP contribution < -0.4 is 21.5 Å². The molecule has 43 heavy (non-hydrogen) atoms. The maximum atomic E-state index is 12.9. The smallest absolute Gasteiger partial charge is 0.408 e. The first kappa shape index (κ1) is 33.5. The predicted molar refractivity (Wildman–Crippen MR) is 163 cm³/mol. The van der Waals surface area contributed by atoms with E-state index in [1.807, 2.05) is 88.4 Å². The first-order valence-electron chi connectivity index (χ1n) is 14.2. The van der Waals surface area contributed by atoms with Gasteiger partial charge in [0.1, 0.15) is 24.3 Å². The van der Waals surface area contributed by atoms with E-state index in [1.54, 1.807) is 5.38 Å². The second-order valence-corrected chi connectivity index (χ2v) is 11.8. The normalized spacial score (nSPS) is 13.2. The number of aromatic nitrogens is 1. The van der Waals surface area contributed by atoms with Crippen LogP contribution in [0, 0.1) is 11.8 Å². The Morgan fingerprint density at radius 3 is 1.88 bits per heavy atom. The van der Waals surface area contributed by atoms with E-state index >= 15 is 0 Å². The van der Waals surface area contributed by atoms with Gasteiger partial charge in [0.05, 0.1) is 11.7 Å². The summed E-state index contributed by atoms with van der Waals surface area (Å²) >= 11 is 1.28. The van der Waals surface area contributed by atoms with Crippen molar-refractivity contribution < 1.29 is 29.0 Å². The van der Waals surface area contributed by atoms with Crippen molar-refractivity contribution in [3.8, 4) is 0 Å². The van der Waals surface area contributed by atoms with Crippen molar-refractivity contribution in [2.45, 2.75) is 72.1 Å². The highest BCUT2D eigenvalue weighted by atomic mass is 32.1. The molecule has 0 spiro atoms. The lowest BCUT2D eigenvalue weighted by Gasteiger charge is -2.21. The minimum Gasteiger partial charge on any atom is -0.445 e. The van der Waals surface area contributed by atoms with Crippen LogP contribution in [0.4, 0.5) is 9.59 Å². The van der Waals surface area contributed by atoms with E-state index in [-0.39, 0.29) is 30.7 Å². The fourth-order valence-corrected chi connectivity index (χ4v) is 5.00. The van der Waals surface area contributed by atoms with E-state index in [2.05, 4.69) is 26.5 Å². The number of hydrogen-bond donors (Lipinski definition) is 5. The Morgan fingerprint density at radius 1 is 0.814 bits per heavy atom. The Kier molecular flexibility index (Phi) is 13.4. The average molecular weight is 612 g/mol. The standard InChI is InChI=1S/C31H41N5O6S/c1-20(2)15-24(33-30(39)41-17-22-11-7-5-8-12-22)27(37)35-36-28(38)26-19-43-29(32-26)25(16-21(3)4)34-31(40)42-18-23-13-9-6-10-14-23/h5-14,19-21,24-25,28,36,38H,15-18H2,1-4H3,(H,33,39)(H,34,40)(H,35,37)/t24-,25-,28-/m0/s1. The minimum absolute atomic E-state index is 0.0726. The van der Waals surface area contributed by atoms with Gasteiger partial charge >= 0.3 is 12.2 Å². The molecule has 11 nitrogen and oxygen atoms in total. The molecule has 1 heterocycles. The summed E-state index contributed by atoms with van der Waals surface area (Å²) in [7, 11) is 0. The maximum Gasteiger partial charge on any atom is 0.408 e. The van der Waals surface area contributed by atoms with Crippen LogP contribution in [0.25, 0.3) is 0 Å². The number of carbonyl (C=O) groups is 3. The van der Waals surface area contributed by atoms with Gasteiger partial charge < -0.3 is 25.2 Å². The number of nitrogens with one attached hydrogen (secondary N) is 4. The molecule has 5 N–H and O–H groups in total. The summed E-state index contributed by atoms with van der Waals surface area (Å²) in [5.41, 5.74) is 6.99. The SMILES string of the molecule is CC(C)C[C@H](NC(=O)OCc1ccccc1)C(=O)NN[C@@H](O)c1csc([C@H](CC(C)C)NC(=O)OCc2ccccc2)n1. The third kappa shape index (κ3) is 12.0. The van der Waals surface area contributed by atoms with E-state index in [1.165, 1.54) is 11.3 Å². The molecule has 0 fully saturated rings. The number of amides is 3. The van der Waals surface area contributed by atoms with E-state index in [9.17, 15) is 19.5 Å². The van der Waals surface area contributed by atoms with Gasteiger partial charge in [-0.1, -0.05) is 88.4 Å². The molecule has 232 valence electrons. The number of carbonyl (C=O) groups excluding carboxylic acids is 3. The van der Waals surface area contributed by atoms with E-state index in [4.69, 9.17) is 9.47 Å². The monoisotopic (exact) mass is 611 g/mol. The summed E-state index contributed by atoms with van der Waals surface area (Å²) in [6.07, 6.45) is -1.66. The fraction of sp³-hybridized carbons (Fsp3) is 0.419. The van der Waals surface area contributed by atoms with Crippen molar-refractivity contribution in [3.63, 3.8) is 0 Å². The van der Waals surface area contributed by atoms with E-state index in [0.29, 0.717) is 17.8 Å². The number of ether oxygens (including phenoxy) is 2. The van der Waals surface area contributed by atoms with Gasteiger partial charge in [-0.3, -0.25) is 10.2 Å². The molecule has 0 aliphatic carbocycles. The minimum atomic E-state index is -1.33. The molecule has 0 aliphatic rings. The lowest BCUT2D eigenvalue weighted by atomic mass is 10.0. The molecule has 3 amide bonds. The zero-order valence-electron chi connectivity index (χ0n) is 24.9. The van der Waals surface area contributed by atoms with Gasteiger partial charge in [0.2, 0.25) is 0 Å². The second-order valence-electron chi connectivity index (χ2n) is 10.9. The molecule has 0 unspecified atom stereocenters. The summed E-state index contributed by atoms with van der Waals surface area (Å²) in [4.78, 5) is 42.3. The third-order valence-corrected chi connectivity index (χ3v) is 7.17. The Bertz CT molecular complexity index is 1290. The molecule has 2 aromatic carbocycles. The number of hydrazine groups is 1. The Labute approximate surface area is 256 Å². The van der Waals surface area contributed by atoms with Gasteiger partial charge in [0, 0.05) is 5.38 Å². The summed E-state index contributed by atoms with van der Waals surface area (Å²) in [5, 5.41) is 18.4. The molecule has 12 heteroatoms. The Morgan fingerprint density at radius 2 is 1.35 bits per heavy atom. The van der Waals surface area contributed by atoms with Crippen molar-refractivity contribution >= 4 is 29.4 Å². The lowest BCUT2D eigenvalue weighted by molar-refractivity contribution is -0.125. The Balaban J connectivity index is 1.54. The summed E-state index contributed by atoms with van der Waals surface area (Å²) in [5.74, 6) is -0.194. The van der Waals surface area contributed by atoms with Gasteiger partial charge in [-0.05, 0) is 35.8 Å². The Hall–Kier alpha value is -4.00. The topological polar surface area (TPSA) is 151 Å². The largest absolute Gasteiger partial charge is 0.445 e. The van der Waals surface area contributed by atoms with Crippen molar-refractivity contribution in [1.29, 1.82) is 0 Å². The molecule has 0 saturated heterocycles. The highest BCUT2D eigenvalue weighted by molar-refractivity contribution is 7.09. The lowest BCUT2D eigenvalue weighted by Crippen LogP contribution is -2.52. The van der Waals surface area contributed by atoms with Crippen molar-refractivity contribution in [2.24, 2.45) is 11.8 Å². The van der Waals surface area contributed by atoms with Crippen LogP contribution in [0.1, 0.15) is 74.6 Å². The molecular formula is C31H41N5O6S. The first-order valence-corrected chi connectivity index (χ1v) is 15.1. The van der Waals surface area contributed by atoms with Gasteiger partial charge in [0.25, 0.3) is 5.91 Å². The van der Waals surface area contributed by atoms with Crippen LogP contribution in [-0.4, -0.2) is 34.2 Å². The second kappa shape index (κ2) is 17.2. The number of alkyl carbamates (subject to hydrolysis) is 2. The molecular weight excluding hydrogens is 570 g/mol. The summed E-state index contributed by atoms with van der Waals surface area (Å²) in [6.45, 7) is 8.13. The number of thiazole rings is 1. The third-order valence-electron chi connectivity index (χ3n) is 6.19. The molecule has 0 radical (unpaired) electrons. The number of aliphatic hydroxyl groups excluding tert-OH is 1. The summed E-state index contributed by atoms with van der Waals surface area (Å²) in [6, 6.07) is 17.3. The van der Waals surface area contributed by atoms with Crippen molar-refractivity contribution in [2.75, 3.05) is 0 Å². The molecule has 3 rings (SSSR count). The number of hydrogen-bond acceptors (Lipinski definition) is 9. The van der Waals surface area contributed by atoms with Crippen LogP contribution in [0.2, 0.25) is 0 Å². The molecule has 3 atom stereocenters. The van der Waals surface area contributed by atoms with Gasteiger partial charge in [0.15, 0.2) is 6.23 Å². The fourth-order valence-electron chi connectivity index (χ4n) is 4.10. The zero-order valence-corrected chi connectivity index (χ0v) is 25.7. The van der Waals surface area contributed by atoms with Crippen molar-refractivity contribution in [1.82, 2.24) is 26.5 Å². The number of aliphatic hydroxyl groups is 1. The van der Waals surface area contributed by atoms with Crippen LogP contribution in [0.5, 0.6) is 0 Å². The van der Waals surface area contributed by atoms with Gasteiger partial charge in [-0.2, -0.15) is 0 Å². The summed E-state index contributed by atoms with van der Waals surface area (Å²) < 4.78 is 10.6. The number of nitrogens with zero attached hydrogens (tertiary/aromatic N) is 1. The van der Waals surface area contributed by atoms with Crippen LogP contribution in [-0.2, 0) is 27.5 Å². The molecule has 1 aromatic heterocycles. The van der Waals surface area contributed by atoms with Crippen molar-refractivity contribution in [3.05, 3.63) is 87.9 Å².